The summed E-state index contributed by atoms with van der Waals surface area (Å²) < 4.78 is 10.5. The van der Waals surface area contributed by atoms with Gasteiger partial charge in [0.1, 0.15) is 5.82 Å². The number of nitrogens with zero attached hydrogens (tertiary/aromatic N) is 1. The second kappa shape index (κ2) is 8.33. The number of anilines is 1. The largest absolute Gasteiger partial charge is 0.493 e. The van der Waals surface area contributed by atoms with Crippen LogP contribution in [0.25, 0.3) is 0 Å². The van der Waals surface area contributed by atoms with Crippen LogP contribution in [0.1, 0.15) is 11.3 Å². The van der Waals surface area contributed by atoms with Gasteiger partial charge in [0.2, 0.25) is 0 Å². The van der Waals surface area contributed by atoms with Gasteiger partial charge in [0.05, 0.1) is 14.2 Å². The van der Waals surface area contributed by atoms with Gasteiger partial charge in [-0.05, 0) is 55.4 Å². The van der Waals surface area contributed by atoms with Crippen molar-refractivity contribution in [2.75, 3.05) is 26.1 Å². The molecule has 0 aliphatic rings. The lowest BCUT2D eigenvalue weighted by Crippen LogP contribution is -2.30. The van der Waals surface area contributed by atoms with Crippen molar-refractivity contribution < 1.29 is 9.47 Å². The topological polar surface area (TPSA) is 55.4 Å². The van der Waals surface area contributed by atoms with Gasteiger partial charge >= 0.3 is 0 Å². The molecule has 0 bridgehead atoms. The molecule has 0 amide bonds. The van der Waals surface area contributed by atoms with Gasteiger partial charge in [-0.25, -0.2) is 4.98 Å². The van der Waals surface area contributed by atoms with Crippen LogP contribution in [0.4, 0.5) is 5.82 Å². The maximum atomic E-state index is 5.30. The molecule has 0 saturated carbocycles. The molecule has 0 aliphatic heterocycles. The van der Waals surface area contributed by atoms with Crippen LogP contribution in [-0.2, 0) is 6.42 Å². The van der Waals surface area contributed by atoms with Crippen LogP contribution >= 0.6 is 12.2 Å². The molecule has 0 spiro atoms. The van der Waals surface area contributed by atoms with Crippen LogP contribution in [0.3, 0.4) is 0 Å². The number of hydrogen-bond acceptors (Lipinski definition) is 4. The number of thiocarbonyl (C=S) groups is 1. The third-order valence-corrected chi connectivity index (χ3v) is 3.52. The van der Waals surface area contributed by atoms with E-state index in [1.807, 2.05) is 43.3 Å². The number of rotatable bonds is 6. The number of hydrogen-bond donors (Lipinski definition) is 2. The Kier molecular flexibility index (Phi) is 6.17. The molecule has 0 unspecified atom stereocenters. The second-order valence-corrected chi connectivity index (χ2v) is 5.39. The maximum Gasteiger partial charge on any atom is 0.171 e. The summed E-state index contributed by atoms with van der Waals surface area (Å²) in [5.41, 5.74) is 2.09. The molecule has 0 atom stereocenters. The molecule has 5 nitrogen and oxygen atoms in total. The Hall–Kier alpha value is -2.34. The molecule has 1 aromatic heterocycles. The molecule has 0 saturated heterocycles. The van der Waals surface area contributed by atoms with Crippen LogP contribution in [0, 0.1) is 6.92 Å². The van der Waals surface area contributed by atoms with Gasteiger partial charge in [-0.2, -0.15) is 0 Å². The highest BCUT2D eigenvalue weighted by atomic mass is 32.1. The minimum atomic E-state index is 0.559. The van der Waals surface area contributed by atoms with E-state index in [1.54, 1.807) is 14.2 Å². The SMILES string of the molecule is COc1ccc(CCNC(=S)Nc2cccc(C)n2)cc1OC. The number of aromatic nitrogens is 1. The Morgan fingerprint density at radius 2 is 1.91 bits per heavy atom. The highest BCUT2D eigenvalue weighted by Gasteiger charge is 2.05. The number of pyridine rings is 1. The average Bonchev–Trinajstić information content (AvgIpc) is 2.54. The summed E-state index contributed by atoms with van der Waals surface area (Å²) in [4.78, 5) is 4.35. The van der Waals surface area contributed by atoms with Gasteiger partial charge in [-0.15, -0.1) is 0 Å². The summed E-state index contributed by atoms with van der Waals surface area (Å²) >= 11 is 5.28. The predicted molar refractivity (Wildman–Crippen MR) is 96.4 cm³/mol. The molecule has 2 N–H and O–H groups in total. The van der Waals surface area contributed by atoms with E-state index < -0.39 is 0 Å². The van der Waals surface area contributed by atoms with E-state index in [2.05, 4.69) is 15.6 Å². The third-order valence-electron chi connectivity index (χ3n) is 3.28. The minimum absolute atomic E-state index is 0.559. The van der Waals surface area contributed by atoms with Gasteiger partial charge in [0.15, 0.2) is 16.6 Å². The average molecular weight is 331 g/mol. The monoisotopic (exact) mass is 331 g/mol. The number of ether oxygens (including phenoxy) is 2. The number of aryl methyl sites for hydroxylation is 1. The molecule has 1 heterocycles. The Bertz CT molecular complexity index is 677. The van der Waals surface area contributed by atoms with Crippen LogP contribution in [-0.4, -0.2) is 30.9 Å². The van der Waals surface area contributed by atoms with Crippen molar-refractivity contribution in [1.29, 1.82) is 0 Å². The summed E-state index contributed by atoms with van der Waals surface area (Å²) in [7, 11) is 3.26. The first-order chi connectivity index (χ1) is 11.1. The highest BCUT2D eigenvalue weighted by molar-refractivity contribution is 7.80. The molecular formula is C17H21N3O2S. The first kappa shape index (κ1) is 17.0. The Balaban J connectivity index is 1.83. The quantitative estimate of drug-likeness (QED) is 0.794. The molecule has 6 heteroatoms. The molecule has 0 radical (unpaired) electrons. The van der Waals surface area contributed by atoms with Gasteiger partial charge in [-0.1, -0.05) is 12.1 Å². The van der Waals surface area contributed by atoms with Crippen LogP contribution < -0.4 is 20.1 Å². The normalized spacial score (nSPS) is 10.0. The molecular weight excluding hydrogens is 310 g/mol. The third kappa shape index (κ3) is 5.10. The van der Waals surface area contributed by atoms with E-state index in [9.17, 15) is 0 Å². The van der Waals surface area contributed by atoms with E-state index in [-0.39, 0.29) is 0 Å². The molecule has 0 fully saturated rings. The molecule has 2 rings (SSSR count). The van der Waals surface area contributed by atoms with Crippen LogP contribution in [0.2, 0.25) is 0 Å². The van der Waals surface area contributed by atoms with E-state index in [0.29, 0.717) is 11.7 Å². The van der Waals surface area contributed by atoms with Crippen molar-refractivity contribution >= 4 is 23.1 Å². The molecule has 1 aromatic carbocycles. The van der Waals surface area contributed by atoms with E-state index in [0.717, 1.165) is 35.0 Å². The van der Waals surface area contributed by atoms with Gasteiger partial charge in [0, 0.05) is 12.2 Å². The lowest BCUT2D eigenvalue weighted by molar-refractivity contribution is 0.354. The van der Waals surface area contributed by atoms with E-state index in [1.165, 1.54) is 0 Å². The summed E-state index contributed by atoms with van der Waals surface area (Å²) in [6.45, 7) is 2.66. The minimum Gasteiger partial charge on any atom is -0.493 e. The van der Waals surface area contributed by atoms with Crippen LogP contribution in [0.15, 0.2) is 36.4 Å². The van der Waals surface area contributed by atoms with Gasteiger partial charge in [0.25, 0.3) is 0 Å². The Morgan fingerprint density at radius 3 is 2.61 bits per heavy atom. The fraction of sp³-hybridized carbons (Fsp3) is 0.294. The first-order valence-corrected chi connectivity index (χ1v) is 7.72. The predicted octanol–water partition coefficient (Wildman–Crippen LogP) is 2.94. The summed E-state index contributed by atoms with van der Waals surface area (Å²) in [5.74, 6) is 2.20. The standard InChI is InChI=1S/C17H21N3O2S/c1-12-5-4-6-16(19-12)20-17(23)18-10-9-13-7-8-14(21-2)15(11-13)22-3/h4-8,11H,9-10H2,1-3H3,(H2,18,19,20,23). The summed E-state index contributed by atoms with van der Waals surface area (Å²) in [5, 5.41) is 6.81. The fourth-order valence-corrected chi connectivity index (χ4v) is 2.34. The fourth-order valence-electron chi connectivity index (χ4n) is 2.13. The van der Waals surface area contributed by atoms with E-state index >= 15 is 0 Å². The zero-order valence-corrected chi connectivity index (χ0v) is 14.4. The number of methoxy groups -OCH3 is 2. The number of nitrogens with one attached hydrogen (secondary N) is 2. The van der Waals surface area contributed by atoms with Crippen molar-refractivity contribution in [3.63, 3.8) is 0 Å². The first-order valence-electron chi connectivity index (χ1n) is 7.32. The van der Waals surface area contributed by atoms with Crippen molar-refractivity contribution in [2.45, 2.75) is 13.3 Å². The van der Waals surface area contributed by atoms with Gasteiger partial charge < -0.3 is 20.1 Å². The zero-order chi connectivity index (χ0) is 16.7. The van der Waals surface area contributed by atoms with Crippen molar-refractivity contribution in [3.8, 4) is 11.5 Å². The summed E-state index contributed by atoms with van der Waals surface area (Å²) in [6, 6.07) is 11.7. The Labute approximate surface area is 142 Å². The zero-order valence-electron chi connectivity index (χ0n) is 13.6. The molecule has 2 aromatic rings. The van der Waals surface area contributed by atoms with E-state index in [4.69, 9.17) is 21.7 Å². The van der Waals surface area contributed by atoms with Crippen molar-refractivity contribution in [1.82, 2.24) is 10.3 Å². The van der Waals surface area contributed by atoms with Gasteiger partial charge in [-0.3, -0.25) is 0 Å². The molecule has 23 heavy (non-hydrogen) atoms. The van der Waals surface area contributed by atoms with Crippen LogP contribution in [0.5, 0.6) is 11.5 Å². The maximum absolute atomic E-state index is 5.30. The highest BCUT2D eigenvalue weighted by Crippen LogP contribution is 2.27. The number of benzene rings is 1. The Morgan fingerprint density at radius 1 is 1.13 bits per heavy atom. The molecule has 0 aliphatic carbocycles. The van der Waals surface area contributed by atoms with Crippen molar-refractivity contribution in [3.05, 3.63) is 47.7 Å². The smallest absolute Gasteiger partial charge is 0.171 e. The molecule has 122 valence electrons. The van der Waals surface area contributed by atoms with Crippen molar-refractivity contribution in [2.24, 2.45) is 0 Å². The lowest BCUT2D eigenvalue weighted by atomic mass is 10.1. The second-order valence-electron chi connectivity index (χ2n) is 4.98. The summed E-state index contributed by atoms with van der Waals surface area (Å²) in [6.07, 6.45) is 0.823. The lowest BCUT2D eigenvalue weighted by Gasteiger charge is -2.12.